The van der Waals surface area contributed by atoms with Crippen LogP contribution >= 0.6 is 11.3 Å². The van der Waals surface area contributed by atoms with E-state index in [2.05, 4.69) is 16.8 Å². The molecule has 1 N–H and O–H groups in total. The minimum Gasteiger partial charge on any atom is -0.324 e. The van der Waals surface area contributed by atoms with Crippen LogP contribution in [-0.2, 0) is 16.1 Å². The van der Waals surface area contributed by atoms with Crippen LogP contribution in [0.25, 0.3) is 0 Å². The molecule has 0 unspecified atom stereocenters. The number of anilines is 2. The van der Waals surface area contributed by atoms with Crippen molar-refractivity contribution in [2.45, 2.75) is 25.9 Å². The molecule has 0 saturated carbocycles. The number of carbonyl (C=O) groups is 2. The van der Waals surface area contributed by atoms with Gasteiger partial charge in [-0.2, -0.15) is 11.3 Å². The van der Waals surface area contributed by atoms with Gasteiger partial charge < -0.3 is 10.2 Å². The number of hydrogen-bond donors (Lipinski definition) is 1. The van der Waals surface area contributed by atoms with Crippen LogP contribution < -0.4 is 10.2 Å². The predicted molar refractivity (Wildman–Crippen MR) is 97.3 cm³/mol. The molecule has 2 aromatic rings. The van der Waals surface area contributed by atoms with E-state index in [1.54, 1.807) is 16.2 Å². The number of likely N-dealkylation sites (N-methyl/N-ethyl adjacent to an activating group) is 1. The fraction of sp³-hybridized carbons (Fsp3) is 0.333. The molecule has 1 aromatic heterocycles. The summed E-state index contributed by atoms with van der Waals surface area (Å²) in [5.74, 6) is -0.0546. The molecular weight excluding hydrogens is 322 g/mol. The minimum absolute atomic E-state index is 0.00387. The van der Waals surface area contributed by atoms with E-state index in [0.29, 0.717) is 18.7 Å². The first kappa shape index (κ1) is 16.7. The molecule has 0 radical (unpaired) electrons. The molecule has 126 valence electrons. The zero-order chi connectivity index (χ0) is 17.1. The third kappa shape index (κ3) is 3.66. The fourth-order valence-corrected chi connectivity index (χ4v) is 3.68. The summed E-state index contributed by atoms with van der Waals surface area (Å²) in [4.78, 5) is 28.7. The summed E-state index contributed by atoms with van der Waals surface area (Å²) >= 11 is 1.65. The van der Waals surface area contributed by atoms with Gasteiger partial charge in [-0.1, -0.05) is 12.1 Å². The number of thiophene rings is 1. The summed E-state index contributed by atoms with van der Waals surface area (Å²) in [7, 11) is 1.94. The molecule has 0 bridgehead atoms. The van der Waals surface area contributed by atoms with Crippen LogP contribution in [0.3, 0.4) is 0 Å². The maximum atomic E-state index is 12.9. The van der Waals surface area contributed by atoms with E-state index in [-0.39, 0.29) is 17.9 Å². The van der Waals surface area contributed by atoms with E-state index < -0.39 is 0 Å². The van der Waals surface area contributed by atoms with Crippen molar-refractivity contribution in [2.75, 3.05) is 23.8 Å². The highest BCUT2D eigenvalue weighted by molar-refractivity contribution is 7.07. The summed E-state index contributed by atoms with van der Waals surface area (Å²) in [6.07, 6.45) is 0.300. The van der Waals surface area contributed by atoms with Crippen molar-refractivity contribution in [1.29, 1.82) is 0 Å². The smallest absolute Gasteiger partial charge is 0.241 e. The van der Waals surface area contributed by atoms with Gasteiger partial charge in [0.25, 0.3) is 0 Å². The van der Waals surface area contributed by atoms with Gasteiger partial charge in [0.2, 0.25) is 11.8 Å². The Morgan fingerprint density at radius 2 is 2.17 bits per heavy atom. The maximum Gasteiger partial charge on any atom is 0.241 e. The molecule has 1 aromatic carbocycles. The van der Waals surface area contributed by atoms with Gasteiger partial charge in [0.1, 0.15) is 0 Å². The molecule has 0 saturated heterocycles. The van der Waals surface area contributed by atoms with Crippen LogP contribution in [0.15, 0.2) is 41.1 Å². The van der Waals surface area contributed by atoms with Gasteiger partial charge in [0.15, 0.2) is 0 Å². The number of amides is 2. The SMILES string of the molecule is C[C@H]1CC(=O)Nc2ccccc2N1C(=O)CN(C)Cc1ccsc1. The molecule has 1 aliphatic rings. The lowest BCUT2D eigenvalue weighted by molar-refractivity contribution is -0.120. The average Bonchev–Trinajstić information content (AvgIpc) is 2.97. The van der Waals surface area contributed by atoms with Crippen molar-refractivity contribution >= 4 is 34.5 Å². The number of benzene rings is 1. The van der Waals surface area contributed by atoms with Crippen molar-refractivity contribution in [3.8, 4) is 0 Å². The van der Waals surface area contributed by atoms with Gasteiger partial charge >= 0.3 is 0 Å². The second kappa shape index (κ2) is 7.15. The number of fused-ring (bicyclic) bond motifs is 1. The van der Waals surface area contributed by atoms with Crippen molar-refractivity contribution in [3.63, 3.8) is 0 Å². The lowest BCUT2D eigenvalue weighted by Crippen LogP contribution is -2.44. The van der Waals surface area contributed by atoms with Crippen molar-refractivity contribution in [2.24, 2.45) is 0 Å². The van der Waals surface area contributed by atoms with Crippen molar-refractivity contribution in [3.05, 3.63) is 46.7 Å². The number of rotatable bonds is 4. The molecule has 6 heteroatoms. The zero-order valence-corrected chi connectivity index (χ0v) is 14.7. The van der Waals surface area contributed by atoms with Crippen molar-refractivity contribution < 1.29 is 9.59 Å². The first-order valence-electron chi connectivity index (χ1n) is 7.95. The molecular formula is C18H21N3O2S. The van der Waals surface area contributed by atoms with E-state index in [1.165, 1.54) is 5.56 Å². The number of nitrogens with zero attached hydrogens (tertiary/aromatic N) is 2. The maximum absolute atomic E-state index is 12.9. The quantitative estimate of drug-likeness (QED) is 0.929. The molecule has 2 heterocycles. The summed E-state index contributed by atoms with van der Waals surface area (Å²) in [5.41, 5.74) is 2.67. The number of hydrogen-bond acceptors (Lipinski definition) is 4. The highest BCUT2D eigenvalue weighted by atomic mass is 32.1. The third-order valence-corrected chi connectivity index (χ3v) is 4.80. The number of nitrogens with one attached hydrogen (secondary N) is 1. The van der Waals surface area contributed by atoms with Gasteiger partial charge in [0, 0.05) is 19.0 Å². The van der Waals surface area contributed by atoms with E-state index >= 15 is 0 Å². The molecule has 24 heavy (non-hydrogen) atoms. The zero-order valence-electron chi connectivity index (χ0n) is 13.9. The fourth-order valence-electron chi connectivity index (χ4n) is 3.03. The Hall–Kier alpha value is -2.18. The molecule has 1 aliphatic heterocycles. The van der Waals surface area contributed by atoms with Crippen LogP contribution in [0.2, 0.25) is 0 Å². The highest BCUT2D eigenvalue weighted by Gasteiger charge is 2.29. The Bertz CT molecular complexity index is 730. The van der Waals surface area contributed by atoms with E-state index in [4.69, 9.17) is 0 Å². The van der Waals surface area contributed by atoms with Gasteiger partial charge in [-0.3, -0.25) is 14.5 Å². The minimum atomic E-state index is -0.171. The van der Waals surface area contributed by atoms with Crippen LogP contribution in [0.4, 0.5) is 11.4 Å². The Labute approximate surface area is 145 Å². The molecule has 0 aliphatic carbocycles. The summed E-state index contributed by atoms with van der Waals surface area (Å²) in [5, 5.41) is 7.01. The third-order valence-electron chi connectivity index (χ3n) is 4.07. The molecule has 0 spiro atoms. The van der Waals surface area contributed by atoms with Gasteiger partial charge in [-0.15, -0.1) is 0 Å². The Balaban J connectivity index is 1.78. The Morgan fingerprint density at radius 1 is 1.38 bits per heavy atom. The Morgan fingerprint density at radius 3 is 2.92 bits per heavy atom. The van der Waals surface area contributed by atoms with E-state index in [9.17, 15) is 9.59 Å². The number of carbonyl (C=O) groups excluding carboxylic acids is 2. The van der Waals surface area contributed by atoms with E-state index in [0.717, 1.165) is 12.2 Å². The molecule has 0 fully saturated rings. The second-order valence-corrected chi connectivity index (χ2v) is 6.97. The van der Waals surface area contributed by atoms with Crippen LogP contribution in [0.5, 0.6) is 0 Å². The monoisotopic (exact) mass is 343 g/mol. The normalized spacial score (nSPS) is 17.4. The molecule has 3 rings (SSSR count). The lowest BCUT2D eigenvalue weighted by Gasteiger charge is -2.29. The highest BCUT2D eigenvalue weighted by Crippen LogP contribution is 2.31. The van der Waals surface area contributed by atoms with Crippen LogP contribution in [0, 0.1) is 0 Å². The lowest BCUT2D eigenvalue weighted by atomic mass is 10.1. The first-order chi connectivity index (χ1) is 11.5. The number of para-hydroxylation sites is 2. The van der Waals surface area contributed by atoms with E-state index in [1.807, 2.05) is 48.5 Å². The van der Waals surface area contributed by atoms with Gasteiger partial charge in [-0.05, 0) is 48.5 Å². The predicted octanol–water partition coefficient (Wildman–Crippen LogP) is 2.94. The van der Waals surface area contributed by atoms with Gasteiger partial charge in [-0.25, -0.2) is 0 Å². The van der Waals surface area contributed by atoms with Gasteiger partial charge in [0.05, 0.1) is 17.9 Å². The average molecular weight is 343 g/mol. The molecule has 1 atom stereocenters. The second-order valence-electron chi connectivity index (χ2n) is 6.19. The van der Waals surface area contributed by atoms with Crippen molar-refractivity contribution in [1.82, 2.24) is 4.90 Å². The van der Waals surface area contributed by atoms with Crippen LogP contribution in [-0.4, -0.2) is 36.3 Å². The topological polar surface area (TPSA) is 52.7 Å². The Kier molecular flexibility index (Phi) is 4.97. The summed E-state index contributed by atoms with van der Waals surface area (Å²) < 4.78 is 0. The molecule has 2 amide bonds. The standard InChI is InChI=1S/C18H21N3O2S/c1-13-9-17(22)19-15-5-3-4-6-16(15)21(13)18(23)11-20(2)10-14-7-8-24-12-14/h3-8,12-13H,9-11H2,1-2H3,(H,19,22)/t13-/m0/s1. The summed E-state index contributed by atoms with van der Waals surface area (Å²) in [6, 6.07) is 9.36. The molecule has 5 nitrogen and oxygen atoms in total. The first-order valence-corrected chi connectivity index (χ1v) is 8.89. The largest absolute Gasteiger partial charge is 0.324 e. The van der Waals surface area contributed by atoms with Crippen LogP contribution in [0.1, 0.15) is 18.9 Å². The summed E-state index contributed by atoms with van der Waals surface area (Å²) in [6.45, 7) is 2.96.